The van der Waals surface area contributed by atoms with Gasteiger partial charge in [0, 0.05) is 56.5 Å². The lowest BCUT2D eigenvalue weighted by Gasteiger charge is -2.29. The third-order valence-electron chi connectivity index (χ3n) is 12.7. The van der Waals surface area contributed by atoms with Crippen LogP contribution in [0.2, 0.25) is 0 Å². The Morgan fingerprint density at radius 3 is 2.01 bits per heavy atom. The number of fused-ring (bicyclic) bond motifs is 1. The van der Waals surface area contributed by atoms with E-state index in [1.807, 2.05) is 24.3 Å². The summed E-state index contributed by atoms with van der Waals surface area (Å²) in [7, 11) is 0. The molecule has 8 atom stereocenters. The molecule has 0 unspecified atom stereocenters. The van der Waals surface area contributed by atoms with E-state index in [1.165, 1.54) is 6.92 Å². The van der Waals surface area contributed by atoms with Gasteiger partial charge in [-0.15, -0.1) is 0 Å². The standard InChI is InChI=1S/C50H74N16O9/c1-4-28(2)41-48(75)65-37(24-30-14-6-5-7-15-30)45(72)62-36(20-13-23-58-50(54)55)44(71)63-38(25-31-27-59-33-17-9-8-16-32(31)33)46(73)61-34(42(51)69)18-10-11-21-56-40(68)26-39(47(74)66-41)64-43(70)35(60-29(3)67)19-12-22-57-49(52)53/h5-9,14-17,27-28,34-39,41,59H,4,10-13,18-26H2,1-3H3,(H2,51,69)(H,56,68)(H,60,67)(H,61,73)(H,62,72)(H,63,71)(H,64,70)(H,65,75)(H,66,74)(H4,52,53,57)(H4,54,55,58)/t28-,34-,35-,36-,37+,38-,39-,41-/m0/s1. The largest absolute Gasteiger partial charge is 0.370 e. The lowest BCUT2D eigenvalue weighted by atomic mass is 9.96. The molecule has 2 aromatic carbocycles. The van der Waals surface area contributed by atoms with Gasteiger partial charge in [-0.1, -0.05) is 68.8 Å². The van der Waals surface area contributed by atoms with E-state index < -0.39 is 108 Å². The van der Waals surface area contributed by atoms with Gasteiger partial charge < -0.3 is 75.4 Å². The Hall–Kier alpha value is -8.25. The summed E-state index contributed by atoms with van der Waals surface area (Å²) in [5, 5.41) is 42.6. The number of carbonyl (C=O) groups is 9. The van der Waals surface area contributed by atoms with E-state index in [0.29, 0.717) is 17.5 Å². The monoisotopic (exact) mass is 1040 g/mol. The lowest BCUT2D eigenvalue weighted by Crippen LogP contribution is -2.61. The van der Waals surface area contributed by atoms with Crippen LogP contribution in [0.4, 0.5) is 0 Å². The van der Waals surface area contributed by atoms with Crippen LogP contribution in [0.15, 0.2) is 60.8 Å². The highest BCUT2D eigenvalue weighted by molar-refractivity contribution is 5.99. The molecule has 408 valence electrons. The van der Waals surface area contributed by atoms with E-state index in [-0.39, 0.29) is 89.3 Å². The summed E-state index contributed by atoms with van der Waals surface area (Å²) in [6, 6.07) is 6.63. The average molecular weight is 1040 g/mol. The zero-order valence-electron chi connectivity index (χ0n) is 42.7. The molecule has 1 aromatic heterocycles. The maximum Gasteiger partial charge on any atom is 0.243 e. The molecule has 75 heavy (non-hydrogen) atoms. The van der Waals surface area contributed by atoms with E-state index in [4.69, 9.17) is 28.0 Å². The fraction of sp³-hybridized carbons (Fsp3) is 0.500. The number of hydrogen-bond donors (Lipinski definition) is 16. The first-order valence-corrected chi connectivity index (χ1v) is 25.2. The van der Waals surface area contributed by atoms with Gasteiger partial charge in [0.25, 0.3) is 0 Å². The van der Waals surface area contributed by atoms with Gasteiger partial charge in [0.1, 0.15) is 42.3 Å². The van der Waals surface area contributed by atoms with Crippen molar-refractivity contribution in [3.05, 3.63) is 71.9 Å². The number of aromatic amines is 1. The van der Waals surface area contributed by atoms with Gasteiger partial charge in [-0.3, -0.25) is 54.0 Å². The number of hydrogen-bond acceptors (Lipinski definition) is 11. The first-order chi connectivity index (χ1) is 35.8. The number of para-hydroxylation sites is 1. The van der Waals surface area contributed by atoms with Crippen LogP contribution >= 0.6 is 0 Å². The number of aromatic nitrogens is 1. The number of nitrogens with two attached hydrogens (primary N) is 3. The molecule has 0 bridgehead atoms. The van der Waals surface area contributed by atoms with E-state index in [1.54, 1.807) is 50.4 Å². The van der Waals surface area contributed by atoms with Gasteiger partial charge in [0.2, 0.25) is 53.2 Å². The van der Waals surface area contributed by atoms with E-state index >= 15 is 0 Å². The molecule has 0 saturated carbocycles. The van der Waals surface area contributed by atoms with Crippen molar-refractivity contribution < 1.29 is 43.2 Å². The third kappa shape index (κ3) is 19.9. The molecule has 1 aliphatic heterocycles. The van der Waals surface area contributed by atoms with E-state index in [0.717, 1.165) is 10.9 Å². The Balaban J connectivity index is 1.77. The summed E-state index contributed by atoms with van der Waals surface area (Å²) >= 11 is 0. The number of benzene rings is 2. The molecule has 0 spiro atoms. The molecule has 0 aliphatic carbocycles. The maximum atomic E-state index is 14.7. The van der Waals surface area contributed by atoms with Crippen molar-refractivity contribution in [1.82, 2.24) is 58.2 Å². The summed E-state index contributed by atoms with van der Waals surface area (Å²) in [5.74, 6) is -8.21. The number of nitrogens with one attached hydrogen (secondary N) is 13. The van der Waals surface area contributed by atoms with Crippen LogP contribution < -0.4 is 70.4 Å². The quantitative estimate of drug-likeness (QED) is 0.0377. The molecule has 25 nitrogen and oxygen atoms in total. The number of rotatable bonds is 18. The van der Waals surface area contributed by atoms with Crippen molar-refractivity contribution in [3.8, 4) is 0 Å². The number of guanidine groups is 2. The Morgan fingerprint density at radius 2 is 1.35 bits per heavy atom. The van der Waals surface area contributed by atoms with Crippen molar-refractivity contribution in [1.29, 1.82) is 10.8 Å². The molecule has 4 rings (SSSR count). The van der Waals surface area contributed by atoms with Crippen LogP contribution in [0, 0.1) is 16.7 Å². The Labute approximate surface area is 435 Å². The van der Waals surface area contributed by atoms with Crippen LogP contribution in [0.25, 0.3) is 10.9 Å². The summed E-state index contributed by atoms with van der Waals surface area (Å²) in [6.07, 6.45) is 2.27. The van der Waals surface area contributed by atoms with Crippen LogP contribution in [-0.2, 0) is 56.0 Å². The molecule has 1 fully saturated rings. The predicted molar refractivity (Wildman–Crippen MR) is 280 cm³/mol. The lowest BCUT2D eigenvalue weighted by molar-refractivity contribution is -0.137. The van der Waals surface area contributed by atoms with Gasteiger partial charge in [0.15, 0.2) is 11.9 Å². The second-order valence-corrected chi connectivity index (χ2v) is 18.6. The number of amides is 9. The number of primary amides is 1. The topological polar surface area (TPSA) is 415 Å². The highest BCUT2D eigenvalue weighted by Crippen LogP contribution is 2.20. The zero-order valence-corrected chi connectivity index (χ0v) is 42.7. The Bertz CT molecular complexity index is 2490. The maximum absolute atomic E-state index is 14.7. The second-order valence-electron chi connectivity index (χ2n) is 18.6. The minimum atomic E-state index is -1.60. The molecule has 25 heteroatoms. The minimum absolute atomic E-state index is 0.0287. The van der Waals surface area contributed by atoms with Crippen molar-refractivity contribution in [2.75, 3.05) is 19.6 Å². The van der Waals surface area contributed by atoms with E-state index in [2.05, 4.69) is 58.2 Å². The third-order valence-corrected chi connectivity index (χ3v) is 12.7. The second kappa shape index (κ2) is 30.1. The molecular weight excluding hydrogens is 969 g/mol. The summed E-state index contributed by atoms with van der Waals surface area (Å²) in [6.45, 7) is 5.01. The fourth-order valence-electron chi connectivity index (χ4n) is 8.39. The van der Waals surface area contributed by atoms with Crippen molar-refractivity contribution >= 4 is 76.0 Å². The van der Waals surface area contributed by atoms with Crippen molar-refractivity contribution in [2.45, 2.75) is 134 Å². The smallest absolute Gasteiger partial charge is 0.243 e. The van der Waals surface area contributed by atoms with Gasteiger partial charge in [-0.25, -0.2) is 0 Å². The van der Waals surface area contributed by atoms with Crippen LogP contribution in [0.5, 0.6) is 0 Å². The van der Waals surface area contributed by atoms with Gasteiger partial charge in [-0.2, -0.15) is 0 Å². The van der Waals surface area contributed by atoms with Gasteiger partial charge in [-0.05, 0) is 68.1 Å². The number of H-pyrrole nitrogens is 1. The molecule has 0 radical (unpaired) electrons. The normalized spacial score (nSPS) is 21.5. The SMILES string of the molecule is CC[C@H](C)[C@@H]1NC(=O)[C@@H](NC(=O)[C@H](CCCNC(=N)N)NC(C)=O)CC(=O)NCCCC[C@@H](C(N)=O)NC(=O)[C@H](Cc2c[nH]c3ccccc23)NC(=O)[C@H](CCCNC(=N)N)NC(=O)[C@@H](Cc2ccccc2)NC1=O. The minimum Gasteiger partial charge on any atom is -0.370 e. The van der Waals surface area contributed by atoms with Gasteiger partial charge in [0.05, 0.1) is 6.42 Å². The van der Waals surface area contributed by atoms with Crippen LogP contribution in [0.1, 0.15) is 89.7 Å². The molecule has 2 heterocycles. The molecule has 1 aliphatic rings. The summed E-state index contributed by atoms with van der Waals surface area (Å²) < 4.78 is 0. The molecule has 1 saturated heterocycles. The average Bonchev–Trinajstić information content (AvgIpc) is 3.77. The Morgan fingerprint density at radius 1 is 0.733 bits per heavy atom. The molecule has 19 N–H and O–H groups in total. The first-order valence-electron chi connectivity index (χ1n) is 25.2. The predicted octanol–water partition coefficient (Wildman–Crippen LogP) is -1.89. The summed E-state index contributed by atoms with van der Waals surface area (Å²) in [5.41, 5.74) is 18.7. The number of carbonyl (C=O) groups excluding carboxylic acids is 9. The van der Waals surface area contributed by atoms with Crippen molar-refractivity contribution in [3.63, 3.8) is 0 Å². The fourth-order valence-corrected chi connectivity index (χ4v) is 8.39. The molecule has 9 amide bonds. The highest BCUT2D eigenvalue weighted by atomic mass is 16.2. The van der Waals surface area contributed by atoms with Gasteiger partial charge >= 0.3 is 0 Å². The van der Waals surface area contributed by atoms with Crippen molar-refractivity contribution in [2.24, 2.45) is 23.1 Å². The molecule has 3 aromatic rings. The van der Waals surface area contributed by atoms with E-state index in [9.17, 15) is 43.2 Å². The molecular formula is C50H74N16O9. The summed E-state index contributed by atoms with van der Waals surface area (Å²) in [4.78, 5) is 128. The van der Waals surface area contributed by atoms with Crippen LogP contribution in [0.3, 0.4) is 0 Å². The highest BCUT2D eigenvalue weighted by Gasteiger charge is 2.36. The zero-order chi connectivity index (χ0) is 55.0. The first kappa shape index (κ1) is 59.3. The van der Waals surface area contributed by atoms with Crippen LogP contribution in [-0.4, -0.2) is 132 Å². The Kier molecular flexibility index (Phi) is 23.8.